The molecule has 1 aliphatic heterocycles. The Hall–Kier alpha value is -4.76. The largest absolute Gasteiger partial charge is 0.493 e. The van der Waals surface area contributed by atoms with Gasteiger partial charge in [-0.3, -0.25) is 4.79 Å². The van der Waals surface area contributed by atoms with E-state index in [1.54, 1.807) is 18.2 Å². The Labute approximate surface area is 215 Å². The number of fused-ring (bicyclic) bond motifs is 2. The first-order chi connectivity index (χ1) is 18.1. The zero-order valence-electron chi connectivity index (χ0n) is 20.4. The van der Waals surface area contributed by atoms with Crippen LogP contribution in [0.5, 0.6) is 17.2 Å². The first-order valence-corrected chi connectivity index (χ1v) is 12.2. The number of rotatable bonds is 7. The minimum atomic E-state index is -0.470. The molecule has 0 fully saturated rings. The number of benzene rings is 4. The maximum atomic E-state index is 12.8. The first kappa shape index (κ1) is 24.0. The fourth-order valence-electron chi connectivity index (χ4n) is 4.65. The van der Waals surface area contributed by atoms with Gasteiger partial charge in [-0.15, -0.1) is 0 Å². The quantitative estimate of drug-likeness (QED) is 0.252. The number of carbonyl (C=O) groups excluding carboxylic acids is 1. The zero-order valence-corrected chi connectivity index (χ0v) is 20.4. The molecule has 0 aliphatic carbocycles. The predicted molar refractivity (Wildman–Crippen MR) is 141 cm³/mol. The Bertz CT molecular complexity index is 1550. The minimum absolute atomic E-state index is 0.0181. The molecule has 0 saturated carbocycles. The van der Waals surface area contributed by atoms with Gasteiger partial charge >= 0.3 is 5.97 Å². The van der Waals surface area contributed by atoms with E-state index in [1.807, 2.05) is 73.7 Å². The van der Waals surface area contributed by atoms with Crippen LogP contribution in [0.2, 0.25) is 0 Å². The average Bonchev–Trinajstić information content (AvgIpc) is 2.91. The van der Waals surface area contributed by atoms with E-state index in [0.717, 1.165) is 33.9 Å². The van der Waals surface area contributed by atoms with Crippen LogP contribution in [0.15, 0.2) is 96.4 Å². The standard InChI is InChI=1S/C31H26N2O4/c1-2-16-35-27-13-6-5-12-24(27)30-25-15-14-22(18-28(25)37-31(33)26(30)19-32)36-29(34)17-21-10-7-9-20-8-3-4-11-23(20)21/h3-15,18,30H,2,16-17,33H2,1H3. The van der Waals surface area contributed by atoms with E-state index >= 15 is 0 Å². The van der Waals surface area contributed by atoms with Crippen LogP contribution in [0.1, 0.15) is 36.0 Å². The van der Waals surface area contributed by atoms with Gasteiger partial charge in [0.15, 0.2) is 0 Å². The van der Waals surface area contributed by atoms with Crippen LogP contribution < -0.4 is 19.9 Å². The normalized spacial score (nSPS) is 14.4. The number of nitrogens with zero attached hydrogens (tertiary/aromatic N) is 1. The Kier molecular flexibility index (Phi) is 6.78. The highest BCUT2D eigenvalue weighted by Crippen LogP contribution is 2.45. The smallest absolute Gasteiger partial charge is 0.315 e. The highest BCUT2D eigenvalue weighted by atomic mass is 16.5. The van der Waals surface area contributed by atoms with Crippen molar-refractivity contribution in [2.45, 2.75) is 25.7 Å². The Morgan fingerprint density at radius 3 is 2.62 bits per heavy atom. The average molecular weight is 491 g/mol. The van der Waals surface area contributed by atoms with Gasteiger partial charge in [0.25, 0.3) is 0 Å². The molecule has 1 aliphatic rings. The maximum Gasteiger partial charge on any atom is 0.315 e. The molecule has 6 nitrogen and oxygen atoms in total. The van der Waals surface area contributed by atoms with Gasteiger partial charge in [-0.25, -0.2) is 0 Å². The predicted octanol–water partition coefficient (Wildman–Crippen LogP) is 5.99. The summed E-state index contributed by atoms with van der Waals surface area (Å²) in [4.78, 5) is 12.8. The summed E-state index contributed by atoms with van der Waals surface area (Å²) in [6.45, 7) is 2.59. The third-order valence-electron chi connectivity index (χ3n) is 6.33. The van der Waals surface area contributed by atoms with Gasteiger partial charge in [-0.2, -0.15) is 5.26 Å². The lowest BCUT2D eigenvalue weighted by molar-refractivity contribution is -0.133. The van der Waals surface area contributed by atoms with Crippen LogP contribution in [0.4, 0.5) is 0 Å². The number of hydrogen-bond donors (Lipinski definition) is 1. The van der Waals surface area contributed by atoms with Gasteiger partial charge in [-0.05, 0) is 34.9 Å². The van der Waals surface area contributed by atoms with Crippen LogP contribution in [-0.2, 0) is 11.2 Å². The van der Waals surface area contributed by atoms with Crippen LogP contribution in [0, 0.1) is 11.3 Å². The molecule has 2 N–H and O–H groups in total. The molecule has 0 amide bonds. The van der Waals surface area contributed by atoms with E-state index < -0.39 is 5.92 Å². The molecule has 184 valence electrons. The molecule has 0 aromatic heterocycles. The second-order valence-corrected chi connectivity index (χ2v) is 8.80. The van der Waals surface area contributed by atoms with Gasteiger partial charge in [0, 0.05) is 17.2 Å². The van der Waals surface area contributed by atoms with Gasteiger partial charge in [0.05, 0.1) is 18.9 Å². The Balaban J connectivity index is 1.44. The van der Waals surface area contributed by atoms with Crippen molar-refractivity contribution in [1.29, 1.82) is 5.26 Å². The van der Waals surface area contributed by atoms with E-state index in [9.17, 15) is 10.1 Å². The Morgan fingerprint density at radius 1 is 1.00 bits per heavy atom. The number of ether oxygens (including phenoxy) is 3. The lowest BCUT2D eigenvalue weighted by Gasteiger charge is -2.28. The van der Waals surface area contributed by atoms with Crippen LogP contribution in [0.3, 0.4) is 0 Å². The number of para-hydroxylation sites is 1. The van der Waals surface area contributed by atoms with Crippen molar-refractivity contribution in [2.24, 2.45) is 5.73 Å². The molecule has 4 aromatic carbocycles. The second-order valence-electron chi connectivity index (χ2n) is 8.80. The van der Waals surface area contributed by atoms with Crippen molar-refractivity contribution in [1.82, 2.24) is 0 Å². The lowest BCUT2D eigenvalue weighted by atomic mass is 9.83. The summed E-state index contributed by atoms with van der Waals surface area (Å²) in [5.74, 6) is 0.622. The molecule has 0 spiro atoms. The highest BCUT2D eigenvalue weighted by Gasteiger charge is 2.33. The molecule has 1 atom stereocenters. The molecule has 1 heterocycles. The van der Waals surface area contributed by atoms with Gasteiger partial charge in [0.2, 0.25) is 5.88 Å². The summed E-state index contributed by atoms with van der Waals surface area (Å²) >= 11 is 0. The van der Waals surface area contributed by atoms with Crippen molar-refractivity contribution in [3.8, 4) is 23.3 Å². The minimum Gasteiger partial charge on any atom is -0.493 e. The topological polar surface area (TPSA) is 94.6 Å². The van der Waals surface area contributed by atoms with E-state index in [1.165, 1.54) is 0 Å². The number of nitrogens with two attached hydrogens (primary N) is 1. The molecule has 1 unspecified atom stereocenters. The number of allylic oxidation sites excluding steroid dienone is 1. The SMILES string of the molecule is CCCOc1ccccc1C1C(C#N)=C(N)Oc2cc(OC(=O)Cc3cccc4ccccc34)ccc21. The second kappa shape index (κ2) is 10.5. The van der Waals surface area contributed by atoms with Gasteiger partial charge < -0.3 is 19.9 Å². The number of carbonyl (C=O) groups is 1. The molecule has 37 heavy (non-hydrogen) atoms. The monoisotopic (exact) mass is 490 g/mol. The molecule has 4 aromatic rings. The number of esters is 1. The van der Waals surface area contributed by atoms with E-state index in [0.29, 0.717) is 29.4 Å². The number of hydrogen-bond acceptors (Lipinski definition) is 6. The molecule has 6 heteroatoms. The summed E-state index contributed by atoms with van der Waals surface area (Å²) in [7, 11) is 0. The summed E-state index contributed by atoms with van der Waals surface area (Å²) < 4.78 is 17.4. The maximum absolute atomic E-state index is 12.8. The molecular weight excluding hydrogens is 464 g/mol. The van der Waals surface area contributed by atoms with Crippen LogP contribution in [0.25, 0.3) is 10.8 Å². The van der Waals surface area contributed by atoms with Crippen molar-refractivity contribution in [3.63, 3.8) is 0 Å². The summed E-state index contributed by atoms with van der Waals surface area (Å²) in [6, 6.07) is 28.8. The van der Waals surface area contributed by atoms with E-state index in [2.05, 4.69) is 6.07 Å². The fourth-order valence-corrected chi connectivity index (χ4v) is 4.65. The molecule has 0 saturated heterocycles. The van der Waals surface area contributed by atoms with E-state index in [4.69, 9.17) is 19.9 Å². The highest BCUT2D eigenvalue weighted by molar-refractivity contribution is 5.89. The lowest BCUT2D eigenvalue weighted by Crippen LogP contribution is -2.21. The molecule has 0 bridgehead atoms. The molecule has 0 radical (unpaired) electrons. The van der Waals surface area contributed by atoms with Gasteiger partial charge in [-0.1, -0.05) is 73.7 Å². The third-order valence-corrected chi connectivity index (χ3v) is 6.33. The van der Waals surface area contributed by atoms with Crippen molar-refractivity contribution < 1.29 is 19.0 Å². The zero-order chi connectivity index (χ0) is 25.8. The van der Waals surface area contributed by atoms with Crippen LogP contribution >= 0.6 is 0 Å². The van der Waals surface area contributed by atoms with Crippen molar-refractivity contribution in [3.05, 3.63) is 113 Å². The fraction of sp³-hybridized carbons (Fsp3) is 0.161. The third kappa shape index (κ3) is 4.85. The first-order valence-electron chi connectivity index (χ1n) is 12.2. The summed E-state index contributed by atoms with van der Waals surface area (Å²) in [5.41, 5.74) is 8.94. The summed E-state index contributed by atoms with van der Waals surface area (Å²) in [6.07, 6.45) is 0.986. The number of nitriles is 1. The van der Waals surface area contributed by atoms with Crippen molar-refractivity contribution in [2.75, 3.05) is 6.61 Å². The molecule has 5 rings (SSSR count). The van der Waals surface area contributed by atoms with Crippen molar-refractivity contribution >= 4 is 16.7 Å². The Morgan fingerprint density at radius 2 is 1.78 bits per heavy atom. The van der Waals surface area contributed by atoms with E-state index in [-0.39, 0.29) is 18.3 Å². The van der Waals surface area contributed by atoms with Gasteiger partial charge in [0.1, 0.15) is 28.9 Å². The molecular formula is C31H26N2O4. The summed E-state index contributed by atoms with van der Waals surface area (Å²) in [5, 5.41) is 12.0. The van der Waals surface area contributed by atoms with Crippen LogP contribution in [-0.4, -0.2) is 12.6 Å².